The zero-order valence-electron chi connectivity index (χ0n) is 15.2. The van der Waals surface area contributed by atoms with E-state index in [0.29, 0.717) is 0 Å². The summed E-state index contributed by atoms with van der Waals surface area (Å²) in [5.74, 6) is -1.91. The smallest absolute Gasteiger partial charge is 0.328 e. The summed E-state index contributed by atoms with van der Waals surface area (Å²) in [4.78, 5) is 37.9. The van der Waals surface area contributed by atoms with Crippen LogP contribution in [-0.4, -0.2) is 68.4 Å². The highest BCUT2D eigenvalue weighted by Crippen LogP contribution is 2.43. The predicted octanol–water partition coefficient (Wildman–Crippen LogP) is -0.0354. The summed E-state index contributed by atoms with van der Waals surface area (Å²) in [7, 11) is 1.13. The highest BCUT2D eigenvalue weighted by Gasteiger charge is 2.68. The number of nitrogens with zero attached hydrogens (tertiary/aromatic N) is 1. The zero-order chi connectivity index (χ0) is 20.1. The number of carbonyl (C=O) groups is 3. The van der Waals surface area contributed by atoms with Crippen LogP contribution in [-0.2, 0) is 20.4 Å². The van der Waals surface area contributed by atoms with Gasteiger partial charge in [-0.05, 0) is 26.0 Å². The van der Waals surface area contributed by atoms with Crippen LogP contribution in [0.5, 0.6) is 11.5 Å². The highest BCUT2D eigenvalue weighted by molar-refractivity contribution is 7.87. The minimum atomic E-state index is -1.66. The Balaban J connectivity index is 1.89. The standard InChI is InChI=1S/C17H20N2O7S/c1-17(2)12(16(22)23)19-14(21)11(15(19)27(17)24)18-13(20)10-8(25-3)6-5-7-9(10)26-4/h5-7,11-12,15H,1-4H3,(H,18,20)(H,22,23)/t11-,12+,15-,27?/m1/s1. The molecule has 27 heavy (non-hydrogen) atoms. The third kappa shape index (κ3) is 2.66. The van der Waals surface area contributed by atoms with Gasteiger partial charge in [0.2, 0.25) is 5.91 Å². The first-order chi connectivity index (χ1) is 12.7. The van der Waals surface area contributed by atoms with Crippen LogP contribution in [0.1, 0.15) is 24.2 Å². The molecule has 1 unspecified atom stereocenters. The lowest BCUT2D eigenvalue weighted by atomic mass is 9.96. The number of amides is 2. The molecule has 0 spiro atoms. The molecule has 4 atom stereocenters. The second-order valence-electron chi connectivity index (χ2n) is 6.77. The van der Waals surface area contributed by atoms with Crippen molar-refractivity contribution in [1.82, 2.24) is 10.2 Å². The molecule has 2 heterocycles. The quantitative estimate of drug-likeness (QED) is 0.670. The van der Waals surface area contributed by atoms with Gasteiger partial charge >= 0.3 is 5.97 Å². The molecule has 0 aromatic heterocycles. The summed E-state index contributed by atoms with van der Waals surface area (Å²) >= 11 is 0. The van der Waals surface area contributed by atoms with Gasteiger partial charge in [-0.2, -0.15) is 0 Å². The van der Waals surface area contributed by atoms with Crippen LogP contribution in [0.15, 0.2) is 18.2 Å². The van der Waals surface area contributed by atoms with Crippen LogP contribution >= 0.6 is 0 Å². The highest BCUT2D eigenvalue weighted by atomic mass is 32.2. The van der Waals surface area contributed by atoms with Gasteiger partial charge in [0.05, 0.1) is 29.8 Å². The van der Waals surface area contributed by atoms with Crippen molar-refractivity contribution in [2.24, 2.45) is 0 Å². The van der Waals surface area contributed by atoms with Crippen molar-refractivity contribution in [2.75, 3.05) is 14.2 Å². The number of fused-ring (bicyclic) bond motifs is 1. The number of methoxy groups -OCH3 is 2. The Morgan fingerprint density at radius 1 is 1.22 bits per heavy atom. The zero-order valence-corrected chi connectivity index (χ0v) is 16.0. The molecular formula is C17H20N2O7S. The lowest BCUT2D eigenvalue weighted by Crippen LogP contribution is -2.71. The van der Waals surface area contributed by atoms with E-state index in [2.05, 4.69) is 5.32 Å². The van der Waals surface area contributed by atoms with Gasteiger partial charge in [0.15, 0.2) is 0 Å². The predicted molar refractivity (Wildman–Crippen MR) is 95.1 cm³/mol. The van der Waals surface area contributed by atoms with Crippen LogP contribution in [0.2, 0.25) is 0 Å². The van der Waals surface area contributed by atoms with Gasteiger partial charge in [-0.15, -0.1) is 0 Å². The minimum absolute atomic E-state index is 0.103. The number of β-lactam (4-membered cyclic amide) rings is 1. The second-order valence-corrected chi connectivity index (χ2v) is 8.90. The van der Waals surface area contributed by atoms with Gasteiger partial charge in [-0.1, -0.05) is 6.07 Å². The van der Waals surface area contributed by atoms with Crippen LogP contribution in [0.4, 0.5) is 0 Å². The molecule has 0 aliphatic carbocycles. The number of hydrogen-bond donors (Lipinski definition) is 2. The molecule has 10 heteroatoms. The Morgan fingerprint density at radius 2 is 1.78 bits per heavy atom. The Labute approximate surface area is 158 Å². The number of benzene rings is 1. The Bertz CT molecular complexity index is 831. The number of ether oxygens (including phenoxy) is 2. The van der Waals surface area contributed by atoms with E-state index in [-0.39, 0.29) is 17.1 Å². The van der Waals surface area contributed by atoms with Crippen LogP contribution in [0.3, 0.4) is 0 Å². The van der Waals surface area contributed by atoms with E-state index < -0.39 is 50.8 Å². The van der Waals surface area contributed by atoms with Gasteiger partial charge in [0, 0.05) is 0 Å². The molecule has 2 N–H and O–H groups in total. The average molecular weight is 396 g/mol. The third-order valence-corrected chi connectivity index (χ3v) is 7.13. The van der Waals surface area contributed by atoms with E-state index in [9.17, 15) is 23.7 Å². The Hall–Kier alpha value is -2.62. The van der Waals surface area contributed by atoms with Gasteiger partial charge in [-0.25, -0.2) is 4.79 Å². The fraction of sp³-hybridized carbons (Fsp3) is 0.471. The molecule has 3 rings (SSSR count). The molecule has 146 valence electrons. The van der Waals surface area contributed by atoms with E-state index in [4.69, 9.17) is 9.47 Å². The fourth-order valence-corrected chi connectivity index (χ4v) is 5.50. The summed E-state index contributed by atoms with van der Waals surface area (Å²) in [5.41, 5.74) is 0.103. The van der Waals surface area contributed by atoms with E-state index in [1.165, 1.54) is 28.1 Å². The molecule has 0 radical (unpaired) electrons. The third-order valence-electron chi connectivity index (χ3n) is 4.93. The first kappa shape index (κ1) is 19.2. The maximum Gasteiger partial charge on any atom is 0.328 e. The minimum Gasteiger partial charge on any atom is -0.496 e. The van der Waals surface area contributed by atoms with Crippen molar-refractivity contribution < 1.29 is 33.2 Å². The van der Waals surface area contributed by atoms with Gasteiger partial charge < -0.3 is 24.8 Å². The molecular weight excluding hydrogens is 376 g/mol. The summed E-state index contributed by atoms with van der Waals surface area (Å²) in [6.07, 6.45) is 0. The van der Waals surface area contributed by atoms with Crippen molar-refractivity contribution in [3.8, 4) is 11.5 Å². The lowest BCUT2D eigenvalue weighted by molar-refractivity contribution is -0.159. The molecule has 0 saturated carbocycles. The molecule has 0 bridgehead atoms. The second kappa shape index (κ2) is 6.52. The topological polar surface area (TPSA) is 122 Å². The van der Waals surface area contributed by atoms with E-state index in [1.807, 2.05) is 0 Å². The van der Waals surface area contributed by atoms with Crippen molar-refractivity contribution in [3.63, 3.8) is 0 Å². The largest absolute Gasteiger partial charge is 0.496 e. The first-order valence-corrected chi connectivity index (χ1v) is 9.35. The summed E-state index contributed by atoms with van der Waals surface area (Å²) in [6.45, 7) is 3.07. The van der Waals surface area contributed by atoms with Crippen LogP contribution in [0.25, 0.3) is 0 Å². The molecule has 1 aromatic rings. The number of aliphatic carboxylic acids is 1. The Morgan fingerprint density at radius 3 is 2.26 bits per heavy atom. The maximum absolute atomic E-state index is 12.8. The summed E-state index contributed by atoms with van der Waals surface area (Å²) in [5, 5.41) is 11.1. The number of carbonyl (C=O) groups excluding carboxylic acids is 2. The number of rotatable bonds is 5. The molecule has 2 fully saturated rings. The van der Waals surface area contributed by atoms with Crippen LogP contribution in [0, 0.1) is 0 Å². The Kier molecular flexibility index (Phi) is 4.62. The molecule has 9 nitrogen and oxygen atoms in total. The summed E-state index contributed by atoms with van der Waals surface area (Å²) in [6, 6.07) is 2.52. The summed E-state index contributed by atoms with van der Waals surface area (Å²) < 4.78 is 22.0. The van der Waals surface area contributed by atoms with Crippen molar-refractivity contribution in [3.05, 3.63) is 23.8 Å². The van der Waals surface area contributed by atoms with Gasteiger partial charge in [0.1, 0.15) is 34.5 Å². The monoisotopic (exact) mass is 396 g/mol. The van der Waals surface area contributed by atoms with Crippen molar-refractivity contribution >= 4 is 28.6 Å². The fourth-order valence-electron chi connectivity index (χ4n) is 3.58. The molecule has 2 saturated heterocycles. The number of nitrogens with one attached hydrogen (secondary N) is 1. The number of carboxylic acids is 1. The lowest BCUT2D eigenvalue weighted by Gasteiger charge is -2.43. The molecule has 2 amide bonds. The number of carboxylic acid groups (broad SMARTS) is 1. The van der Waals surface area contributed by atoms with Crippen LogP contribution < -0.4 is 14.8 Å². The number of hydrogen-bond acceptors (Lipinski definition) is 6. The van der Waals surface area contributed by atoms with E-state index in [1.54, 1.807) is 18.2 Å². The average Bonchev–Trinajstić information content (AvgIpc) is 2.82. The van der Waals surface area contributed by atoms with Crippen molar-refractivity contribution in [1.29, 1.82) is 0 Å². The van der Waals surface area contributed by atoms with E-state index in [0.717, 1.165) is 4.90 Å². The molecule has 1 aromatic carbocycles. The van der Waals surface area contributed by atoms with Gasteiger partial charge in [-0.3, -0.25) is 13.8 Å². The normalized spacial score (nSPS) is 28.1. The van der Waals surface area contributed by atoms with Gasteiger partial charge in [0.25, 0.3) is 5.91 Å². The SMILES string of the molecule is COc1cccc(OC)c1C(=O)N[C@@H]1C(=O)N2[C@@H]1S(=O)C(C)(C)[C@@H]2C(=O)O. The van der Waals surface area contributed by atoms with Crippen molar-refractivity contribution in [2.45, 2.75) is 36.1 Å². The van der Waals surface area contributed by atoms with E-state index >= 15 is 0 Å². The molecule has 2 aliphatic rings. The first-order valence-electron chi connectivity index (χ1n) is 8.14. The maximum atomic E-state index is 12.8. The molecule has 2 aliphatic heterocycles.